The van der Waals surface area contributed by atoms with E-state index in [1.165, 1.54) is 11.3 Å². The van der Waals surface area contributed by atoms with Gasteiger partial charge in [-0.15, -0.1) is 0 Å². The number of benzene rings is 3. The Morgan fingerprint density at radius 3 is 2.41 bits per heavy atom. The average Bonchev–Trinajstić information content (AvgIpc) is 3.58. The number of para-hydroxylation sites is 3. The zero-order valence-corrected chi connectivity index (χ0v) is 23.8. The van der Waals surface area contributed by atoms with Gasteiger partial charge in [0.1, 0.15) is 5.69 Å². The van der Waals surface area contributed by atoms with Gasteiger partial charge in [0.25, 0.3) is 5.56 Å². The second-order valence-electron chi connectivity index (χ2n) is 10.2. The van der Waals surface area contributed by atoms with Crippen LogP contribution < -0.4 is 10.1 Å². The summed E-state index contributed by atoms with van der Waals surface area (Å²) < 4.78 is 32.7. The first-order chi connectivity index (χ1) is 20.0. The van der Waals surface area contributed by atoms with Crippen LogP contribution in [-0.4, -0.2) is 45.0 Å². The summed E-state index contributed by atoms with van der Waals surface area (Å²) in [4.78, 5) is 19.0. The number of hydrogen-bond donors (Lipinski definition) is 0. The van der Waals surface area contributed by atoms with E-state index in [1.54, 1.807) is 31.6 Å². The quantitative estimate of drug-likeness (QED) is 0.290. The van der Waals surface area contributed by atoms with E-state index in [1.807, 2.05) is 72.9 Å². The first-order valence-electron chi connectivity index (χ1n) is 13.7. The number of fused-ring (bicyclic) bond motifs is 3. The maximum atomic E-state index is 13.6. The lowest BCUT2D eigenvalue weighted by atomic mass is 10.1. The van der Waals surface area contributed by atoms with Gasteiger partial charge < -0.3 is 0 Å². The first-order valence-corrected chi connectivity index (χ1v) is 15.9. The lowest BCUT2D eigenvalue weighted by molar-refractivity contribution is 0.424. The third-order valence-electron chi connectivity index (χ3n) is 7.51. The van der Waals surface area contributed by atoms with Crippen molar-refractivity contribution in [3.05, 3.63) is 106 Å². The number of hydrogen-bond acceptors (Lipinski definition) is 6. The van der Waals surface area contributed by atoms with Crippen LogP contribution in [0.5, 0.6) is 0 Å². The number of thiazole rings is 1. The first kappa shape index (κ1) is 25.8. The Labute approximate surface area is 240 Å². The molecule has 0 aliphatic carbocycles. The van der Waals surface area contributed by atoms with Crippen LogP contribution in [0, 0.1) is 0 Å². The largest absolute Gasteiger partial charge is 0.274 e. The van der Waals surface area contributed by atoms with Crippen molar-refractivity contribution in [2.75, 3.05) is 13.1 Å². The molecular formula is C31H27N5O3S2. The van der Waals surface area contributed by atoms with Gasteiger partial charge in [-0.05, 0) is 55.3 Å². The van der Waals surface area contributed by atoms with Crippen molar-refractivity contribution >= 4 is 43.4 Å². The topological polar surface area (TPSA) is 89.6 Å². The Balaban J connectivity index is 1.38. The molecule has 1 fully saturated rings. The summed E-state index contributed by atoms with van der Waals surface area (Å²) in [5.74, 6) is 0. The lowest BCUT2D eigenvalue weighted by Gasteiger charge is -2.20. The predicted molar refractivity (Wildman–Crippen MR) is 162 cm³/mol. The van der Waals surface area contributed by atoms with Crippen molar-refractivity contribution in [2.24, 2.45) is 0 Å². The molecule has 0 saturated carbocycles. The van der Waals surface area contributed by atoms with E-state index in [2.05, 4.69) is 4.98 Å². The molecule has 0 N–H and O–H groups in total. The van der Waals surface area contributed by atoms with Crippen molar-refractivity contribution < 1.29 is 8.42 Å². The molecule has 8 nitrogen and oxygen atoms in total. The summed E-state index contributed by atoms with van der Waals surface area (Å²) in [5.41, 5.74) is 4.24. The Morgan fingerprint density at radius 1 is 0.854 bits per heavy atom. The summed E-state index contributed by atoms with van der Waals surface area (Å²) in [6, 6.07) is 24.3. The van der Waals surface area contributed by atoms with Crippen molar-refractivity contribution in [1.82, 2.24) is 23.5 Å². The van der Waals surface area contributed by atoms with Gasteiger partial charge in [-0.2, -0.15) is 9.40 Å². The Morgan fingerprint density at radius 2 is 1.61 bits per heavy atom. The lowest BCUT2D eigenvalue weighted by Crippen LogP contribution is -2.31. The fourth-order valence-corrected chi connectivity index (χ4v) is 7.96. The standard InChI is InChI=1S/C31H27N5O3S2/c37-30-28(40-31-32-26-15-6-7-16-27(26)36(30)31)20-23-21-35(24-12-4-3-5-13-24)33-29(23)22-11-10-14-25(19-22)41(38,39)34-17-8-1-2-9-18-34/h3-7,10-16,19-21H,1-2,8-9,17-18H2. The molecule has 3 aromatic heterocycles. The van der Waals surface area contributed by atoms with Crippen molar-refractivity contribution in [3.8, 4) is 16.9 Å². The summed E-state index contributed by atoms with van der Waals surface area (Å²) in [7, 11) is -3.64. The van der Waals surface area contributed by atoms with Crippen LogP contribution in [0.2, 0.25) is 0 Å². The SMILES string of the molecule is O=c1c(=Cc2cn(-c3ccccc3)nc2-c2cccc(S(=O)(=O)N3CCCCCC3)c2)sc2nc3ccccc3n12. The van der Waals surface area contributed by atoms with Crippen LogP contribution in [-0.2, 0) is 10.0 Å². The zero-order valence-electron chi connectivity index (χ0n) is 22.2. The van der Waals surface area contributed by atoms with Crippen LogP contribution in [0.4, 0.5) is 0 Å². The average molecular weight is 582 g/mol. The molecular weight excluding hydrogens is 555 g/mol. The highest BCUT2D eigenvalue weighted by atomic mass is 32.2. The van der Waals surface area contributed by atoms with E-state index >= 15 is 0 Å². The van der Waals surface area contributed by atoms with Crippen LogP contribution >= 0.6 is 11.3 Å². The van der Waals surface area contributed by atoms with Gasteiger partial charge in [0.2, 0.25) is 10.0 Å². The Bertz CT molecular complexity index is 2110. The van der Waals surface area contributed by atoms with Gasteiger partial charge in [-0.25, -0.2) is 22.5 Å². The number of sulfonamides is 1. The molecule has 6 aromatic rings. The van der Waals surface area contributed by atoms with E-state index in [-0.39, 0.29) is 10.5 Å². The minimum absolute atomic E-state index is 0.144. The molecule has 1 aliphatic heterocycles. The predicted octanol–water partition coefficient (Wildman–Crippen LogP) is 4.87. The molecule has 0 radical (unpaired) electrons. The molecule has 206 valence electrons. The van der Waals surface area contributed by atoms with Gasteiger partial charge in [-0.1, -0.05) is 66.6 Å². The maximum absolute atomic E-state index is 13.6. The van der Waals surface area contributed by atoms with E-state index in [0.29, 0.717) is 39.4 Å². The van der Waals surface area contributed by atoms with Gasteiger partial charge in [0, 0.05) is 30.4 Å². The number of nitrogens with zero attached hydrogens (tertiary/aromatic N) is 5. The third kappa shape index (κ3) is 4.67. The highest BCUT2D eigenvalue weighted by molar-refractivity contribution is 7.89. The molecule has 41 heavy (non-hydrogen) atoms. The van der Waals surface area contributed by atoms with Crippen molar-refractivity contribution in [3.63, 3.8) is 0 Å². The number of aromatic nitrogens is 4. The van der Waals surface area contributed by atoms with Crippen LogP contribution in [0.3, 0.4) is 0 Å². The second kappa shape index (κ2) is 10.4. The maximum Gasteiger partial charge on any atom is 0.274 e. The minimum atomic E-state index is -3.64. The fourth-order valence-electron chi connectivity index (χ4n) is 5.42. The normalized spacial score (nSPS) is 15.6. The minimum Gasteiger partial charge on any atom is -0.267 e. The van der Waals surface area contributed by atoms with E-state index in [0.717, 1.165) is 42.4 Å². The Kier molecular flexibility index (Phi) is 6.53. The van der Waals surface area contributed by atoms with Crippen LogP contribution in [0.15, 0.2) is 94.7 Å². The molecule has 1 saturated heterocycles. The molecule has 1 aliphatic rings. The summed E-state index contributed by atoms with van der Waals surface area (Å²) >= 11 is 1.33. The Hall–Kier alpha value is -4.12. The second-order valence-corrected chi connectivity index (χ2v) is 13.1. The zero-order chi connectivity index (χ0) is 28.0. The molecule has 0 bridgehead atoms. The monoisotopic (exact) mass is 581 g/mol. The molecule has 0 unspecified atom stereocenters. The smallest absolute Gasteiger partial charge is 0.267 e. The van der Waals surface area contributed by atoms with Gasteiger partial charge >= 0.3 is 0 Å². The number of rotatable bonds is 5. The number of imidazole rings is 1. The van der Waals surface area contributed by atoms with Gasteiger partial charge in [-0.3, -0.25) is 4.79 Å². The molecule has 0 spiro atoms. The van der Waals surface area contributed by atoms with Crippen LogP contribution in [0.25, 0.3) is 39.0 Å². The fraction of sp³-hybridized carbons (Fsp3) is 0.194. The van der Waals surface area contributed by atoms with E-state index in [9.17, 15) is 13.2 Å². The van der Waals surface area contributed by atoms with E-state index in [4.69, 9.17) is 5.10 Å². The molecule has 3 aromatic carbocycles. The van der Waals surface area contributed by atoms with E-state index < -0.39 is 10.0 Å². The van der Waals surface area contributed by atoms with Crippen molar-refractivity contribution in [2.45, 2.75) is 30.6 Å². The molecule has 0 amide bonds. The summed E-state index contributed by atoms with van der Waals surface area (Å²) in [6.45, 7) is 1.07. The molecule has 4 heterocycles. The summed E-state index contributed by atoms with van der Waals surface area (Å²) in [5, 5.41) is 4.88. The van der Waals surface area contributed by atoms with Gasteiger partial charge in [0.05, 0.1) is 26.1 Å². The molecule has 0 atom stereocenters. The van der Waals surface area contributed by atoms with Crippen LogP contribution in [0.1, 0.15) is 31.2 Å². The summed E-state index contributed by atoms with van der Waals surface area (Å²) in [6.07, 6.45) is 7.54. The van der Waals surface area contributed by atoms with Gasteiger partial charge in [0.15, 0.2) is 4.96 Å². The molecule has 7 rings (SSSR count). The van der Waals surface area contributed by atoms with Crippen molar-refractivity contribution in [1.29, 1.82) is 0 Å². The highest BCUT2D eigenvalue weighted by Crippen LogP contribution is 2.29. The molecule has 10 heteroatoms. The third-order valence-corrected chi connectivity index (χ3v) is 10.4. The highest BCUT2D eigenvalue weighted by Gasteiger charge is 2.26.